The van der Waals surface area contributed by atoms with Crippen LogP contribution in [0.1, 0.15) is 62.6 Å². The van der Waals surface area contributed by atoms with E-state index in [2.05, 4.69) is 56.0 Å². The van der Waals surface area contributed by atoms with Crippen LogP contribution in [0.4, 0.5) is 0 Å². The molecule has 3 heteroatoms. The molecule has 0 saturated carbocycles. The van der Waals surface area contributed by atoms with Gasteiger partial charge in [0, 0.05) is 18.0 Å². The number of hydrogen-bond acceptors (Lipinski definition) is 3. The molecule has 0 bridgehead atoms. The van der Waals surface area contributed by atoms with Gasteiger partial charge >= 0.3 is 0 Å². The lowest BCUT2D eigenvalue weighted by atomic mass is 9.99. The number of unbranched alkanes of at least 4 members (excludes halogenated alkanes) is 1. The Bertz CT molecular complexity index is 498. The number of piperidine rings is 1. The number of rotatable bonds is 9. The molecule has 1 aromatic carbocycles. The van der Waals surface area contributed by atoms with E-state index < -0.39 is 0 Å². The average molecular weight is 363 g/mol. The third-order valence-corrected chi connectivity index (χ3v) is 6.79. The van der Waals surface area contributed by atoms with Gasteiger partial charge in [-0.1, -0.05) is 38.0 Å². The standard InChI is InChI=1S/C22H38N2S/c1-6-7-12-24(13-8-11-23-14-9-18(2)10-15-23)25-22-20(4)16-19(3)17-21(22)5/h16-18H,6-15H2,1-5H3. The summed E-state index contributed by atoms with van der Waals surface area (Å²) < 4.78 is 2.61. The lowest BCUT2D eigenvalue weighted by Gasteiger charge is -2.31. The quantitative estimate of drug-likeness (QED) is 0.509. The van der Waals surface area contributed by atoms with Gasteiger partial charge in [0.2, 0.25) is 0 Å². The second kappa shape index (κ2) is 10.6. The smallest absolute Gasteiger partial charge is 0.0288 e. The predicted octanol–water partition coefficient (Wildman–Crippen LogP) is 5.84. The molecule has 1 heterocycles. The summed E-state index contributed by atoms with van der Waals surface area (Å²) in [5, 5.41) is 0. The lowest BCUT2D eigenvalue weighted by molar-refractivity contribution is 0.187. The van der Waals surface area contributed by atoms with Crippen molar-refractivity contribution in [1.29, 1.82) is 0 Å². The molecule has 1 aliphatic heterocycles. The molecule has 0 spiro atoms. The molecule has 0 atom stereocenters. The Balaban J connectivity index is 1.88. The van der Waals surface area contributed by atoms with E-state index in [4.69, 9.17) is 0 Å². The van der Waals surface area contributed by atoms with Gasteiger partial charge in [-0.15, -0.1) is 0 Å². The van der Waals surface area contributed by atoms with Crippen LogP contribution in [0.5, 0.6) is 0 Å². The van der Waals surface area contributed by atoms with Gasteiger partial charge in [0.05, 0.1) is 0 Å². The first-order valence-electron chi connectivity index (χ1n) is 10.2. The van der Waals surface area contributed by atoms with Crippen LogP contribution in [0.2, 0.25) is 0 Å². The molecule has 0 unspecified atom stereocenters. The third-order valence-electron chi connectivity index (χ3n) is 5.34. The fourth-order valence-corrected chi connectivity index (χ4v) is 4.84. The van der Waals surface area contributed by atoms with Gasteiger partial charge in [0.1, 0.15) is 0 Å². The first-order valence-corrected chi connectivity index (χ1v) is 11.0. The Labute approximate surface area is 160 Å². The number of hydrogen-bond donors (Lipinski definition) is 0. The fourth-order valence-electron chi connectivity index (χ4n) is 3.73. The van der Waals surface area contributed by atoms with Crippen molar-refractivity contribution in [3.8, 4) is 0 Å². The Morgan fingerprint density at radius 1 is 1.04 bits per heavy atom. The Kier molecular flexibility index (Phi) is 8.81. The first-order chi connectivity index (χ1) is 12.0. The van der Waals surface area contributed by atoms with Crippen molar-refractivity contribution < 1.29 is 0 Å². The van der Waals surface area contributed by atoms with Crippen molar-refractivity contribution in [3.05, 3.63) is 28.8 Å². The Hall–Kier alpha value is -0.510. The van der Waals surface area contributed by atoms with Crippen molar-refractivity contribution in [2.24, 2.45) is 5.92 Å². The molecule has 0 radical (unpaired) electrons. The highest BCUT2D eigenvalue weighted by atomic mass is 32.2. The average Bonchev–Trinajstić information content (AvgIpc) is 2.57. The predicted molar refractivity (Wildman–Crippen MR) is 112 cm³/mol. The minimum atomic E-state index is 0.931. The van der Waals surface area contributed by atoms with E-state index in [1.807, 2.05) is 11.9 Å². The lowest BCUT2D eigenvalue weighted by Crippen LogP contribution is -2.34. The minimum absolute atomic E-state index is 0.931. The maximum Gasteiger partial charge on any atom is 0.0288 e. The molecule has 0 aliphatic carbocycles. The van der Waals surface area contributed by atoms with E-state index in [1.165, 1.54) is 86.4 Å². The summed E-state index contributed by atoms with van der Waals surface area (Å²) in [6.07, 6.45) is 6.62. The van der Waals surface area contributed by atoms with Gasteiger partial charge in [-0.3, -0.25) is 0 Å². The summed E-state index contributed by atoms with van der Waals surface area (Å²) in [5.41, 5.74) is 4.22. The summed E-state index contributed by atoms with van der Waals surface area (Å²) >= 11 is 1.99. The van der Waals surface area contributed by atoms with Crippen LogP contribution < -0.4 is 0 Å². The van der Waals surface area contributed by atoms with Crippen molar-refractivity contribution in [2.45, 2.75) is 71.6 Å². The summed E-state index contributed by atoms with van der Waals surface area (Å²) in [7, 11) is 0. The second-order valence-electron chi connectivity index (χ2n) is 7.98. The number of nitrogens with zero attached hydrogens (tertiary/aromatic N) is 2. The van der Waals surface area contributed by atoms with Gasteiger partial charge in [0.25, 0.3) is 0 Å². The molecule has 1 fully saturated rings. The van der Waals surface area contributed by atoms with E-state index in [0.717, 1.165) is 5.92 Å². The van der Waals surface area contributed by atoms with E-state index in [0.29, 0.717) is 0 Å². The van der Waals surface area contributed by atoms with Gasteiger partial charge in [-0.25, -0.2) is 4.31 Å². The molecule has 1 aromatic rings. The van der Waals surface area contributed by atoms with Gasteiger partial charge < -0.3 is 4.90 Å². The van der Waals surface area contributed by atoms with Crippen molar-refractivity contribution in [2.75, 3.05) is 32.7 Å². The fraction of sp³-hybridized carbons (Fsp3) is 0.727. The maximum atomic E-state index is 2.67. The minimum Gasteiger partial charge on any atom is -0.303 e. The monoisotopic (exact) mass is 362 g/mol. The summed E-state index contributed by atoms with van der Waals surface area (Å²) in [4.78, 5) is 4.14. The first kappa shape index (κ1) is 20.8. The van der Waals surface area contributed by atoms with Crippen LogP contribution in [0, 0.1) is 26.7 Å². The molecular weight excluding hydrogens is 324 g/mol. The number of aryl methyl sites for hydroxylation is 3. The van der Waals surface area contributed by atoms with Gasteiger partial charge in [-0.05, 0) is 95.1 Å². The second-order valence-corrected chi connectivity index (χ2v) is 9.09. The highest BCUT2D eigenvalue weighted by Crippen LogP contribution is 2.31. The van der Waals surface area contributed by atoms with Crippen LogP contribution in [0.15, 0.2) is 17.0 Å². The van der Waals surface area contributed by atoms with Gasteiger partial charge in [0.15, 0.2) is 0 Å². The summed E-state index contributed by atoms with van der Waals surface area (Å²) in [6, 6.07) is 4.64. The number of likely N-dealkylation sites (tertiary alicyclic amines) is 1. The maximum absolute atomic E-state index is 2.67. The zero-order valence-electron chi connectivity index (χ0n) is 17.1. The Morgan fingerprint density at radius 2 is 1.64 bits per heavy atom. The molecule has 0 aromatic heterocycles. The van der Waals surface area contributed by atoms with E-state index in [-0.39, 0.29) is 0 Å². The topological polar surface area (TPSA) is 6.48 Å². The summed E-state index contributed by atoms with van der Waals surface area (Å²) in [5.74, 6) is 0.931. The molecule has 1 saturated heterocycles. The van der Waals surface area contributed by atoms with Crippen LogP contribution in [0.3, 0.4) is 0 Å². The molecule has 2 nitrogen and oxygen atoms in total. The number of benzene rings is 1. The van der Waals surface area contributed by atoms with Crippen LogP contribution >= 0.6 is 11.9 Å². The van der Waals surface area contributed by atoms with E-state index in [9.17, 15) is 0 Å². The SMILES string of the molecule is CCCCN(CCCN1CCC(C)CC1)Sc1c(C)cc(C)cc1C. The molecular formula is C22H38N2S. The third kappa shape index (κ3) is 6.96. The van der Waals surface area contributed by atoms with Gasteiger partial charge in [-0.2, -0.15) is 0 Å². The largest absolute Gasteiger partial charge is 0.303 e. The molecule has 142 valence electrons. The van der Waals surface area contributed by atoms with Crippen LogP contribution in [-0.2, 0) is 0 Å². The molecule has 2 rings (SSSR count). The highest BCUT2D eigenvalue weighted by molar-refractivity contribution is 7.97. The van der Waals surface area contributed by atoms with Crippen molar-refractivity contribution in [3.63, 3.8) is 0 Å². The zero-order chi connectivity index (χ0) is 18.2. The highest BCUT2D eigenvalue weighted by Gasteiger charge is 2.16. The molecule has 25 heavy (non-hydrogen) atoms. The van der Waals surface area contributed by atoms with Crippen molar-refractivity contribution in [1.82, 2.24) is 9.21 Å². The van der Waals surface area contributed by atoms with E-state index >= 15 is 0 Å². The molecule has 0 amide bonds. The van der Waals surface area contributed by atoms with Crippen LogP contribution in [0.25, 0.3) is 0 Å². The summed E-state index contributed by atoms with van der Waals surface area (Å²) in [6.45, 7) is 17.7. The normalized spacial score (nSPS) is 16.7. The zero-order valence-corrected chi connectivity index (χ0v) is 17.9. The van der Waals surface area contributed by atoms with Crippen molar-refractivity contribution >= 4 is 11.9 Å². The molecule has 1 aliphatic rings. The van der Waals surface area contributed by atoms with Crippen LogP contribution in [-0.4, -0.2) is 41.9 Å². The van der Waals surface area contributed by atoms with E-state index in [1.54, 1.807) is 0 Å². The molecule has 0 N–H and O–H groups in total. The Morgan fingerprint density at radius 3 is 2.24 bits per heavy atom.